The fourth-order valence-corrected chi connectivity index (χ4v) is 1.76. The SMILES string of the molecule is Cc1ccc([N+](=O)[O-])cc1NC(CC(C)C)C(=O)O. The zero-order valence-corrected chi connectivity index (χ0v) is 11.2. The Morgan fingerprint density at radius 2 is 2.11 bits per heavy atom. The minimum atomic E-state index is -0.959. The summed E-state index contributed by atoms with van der Waals surface area (Å²) in [7, 11) is 0. The van der Waals surface area contributed by atoms with E-state index in [1.54, 1.807) is 13.0 Å². The quantitative estimate of drug-likeness (QED) is 0.610. The number of nitrogens with zero attached hydrogens (tertiary/aromatic N) is 1. The van der Waals surface area contributed by atoms with Crippen LogP contribution in [0, 0.1) is 23.0 Å². The van der Waals surface area contributed by atoms with Crippen LogP contribution in [0.5, 0.6) is 0 Å². The van der Waals surface area contributed by atoms with Crippen LogP contribution >= 0.6 is 0 Å². The summed E-state index contributed by atoms with van der Waals surface area (Å²) in [6, 6.07) is 3.62. The molecule has 19 heavy (non-hydrogen) atoms. The molecule has 0 aliphatic carbocycles. The van der Waals surface area contributed by atoms with E-state index in [0.29, 0.717) is 12.1 Å². The number of hydrogen-bond donors (Lipinski definition) is 2. The van der Waals surface area contributed by atoms with Gasteiger partial charge in [0.1, 0.15) is 6.04 Å². The van der Waals surface area contributed by atoms with Crippen molar-refractivity contribution in [3.63, 3.8) is 0 Å². The van der Waals surface area contributed by atoms with E-state index in [1.165, 1.54) is 12.1 Å². The first kappa shape index (κ1) is 14.9. The maximum Gasteiger partial charge on any atom is 0.326 e. The van der Waals surface area contributed by atoms with Crippen LogP contribution in [0.15, 0.2) is 18.2 Å². The van der Waals surface area contributed by atoms with Crippen molar-refractivity contribution in [2.75, 3.05) is 5.32 Å². The number of non-ortho nitro benzene ring substituents is 1. The molecule has 1 unspecified atom stereocenters. The number of carboxylic acids is 1. The molecule has 0 spiro atoms. The lowest BCUT2D eigenvalue weighted by Crippen LogP contribution is -2.31. The van der Waals surface area contributed by atoms with Gasteiger partial charge in [-0.15, -0.1) is 0 Å². The average Bonchev–Trinajstić information content (AvgIpc) is 2.29. The summed E-state index contributed by atoms with van der Waals surface area (Å²) in [6.07, 6.45) is 0.456. The summed E-state index contributed by atoms with van der Waals surface area (Å²) < 4.78 is 0. The molecule has 0 saturated carbocycles. The molecule has 0 aliphatic rings. The first-order valence-corrected chi connectivity index (χ1v) is 6.05. The second-order valence-corrected chi connectivity index (χ2v) is 4.92. The predicted molar refractivity (Wildman–Crippen MR) is 72.3 cm³/mol. The van der Waals surface area contributed by atoms with Crippen LogP contribution in [0.2, 0.25) is 0 Å². The molecule has 1 aromatic rings. The smallest absolute Gasteiger partial charge is 0.326 e. The molecule has 0 aromatic heterocycles. The molecular formula is C13H18N2O4. The summed E-state index contributed by atoms with van der Waals surface area (Å²) in [5, 5.41) is 22.7. The highest BCUT2D eigenvalue weighted by Crippen LogP contribution is 2.23. The molecule has 104 valence electrons. The normalized spacial score (nSPS) is 12.2. The van der Waals surface area contributed by atoms with Gasteiger partial charge in [0.2, 0.25) is 0 Å². The number of carboxylic acid groups (broad SMARTS) is 1. The molecule has 1 atom stereocenters. The fraction of sp³-hybridized carbons (Fsp3) is 0.462. The average molecular weight is 266 g/mol. The first-order chi connectivity index (χ1) is 8.81. The largest absolute Gasteiger partial charge is 0.480 e. The first-order valence-electron chi connectivity index (χ1n) is 6.05. The van der Waals surface area contributed by atoms with Crippen molar-refractivity contribution in [2.45, 2.75) is 33.2 Å². The third kappa shape index (κ3) is 4.24. The third-order valence-corrected chi connectivity index (χ3v) is 2.77. The Hall–Kier alpha value is -2.11. The van der Waals surface area contributed by atoms with Gasteiger partial charge in [-0.25, -0.2) is 4.79 Å². The van der Waals surface area contributed by atoms with Crippen LogP contribution in [-0.2, 0) is 4.79 Å². The molecule has 6 heteroatoms. The number of carbonyl (C=O) groups is 1. The van der Waals surface area contributed by atoms with Gasteiger partial charge in [0, 0.05) is 17.8 Å². The molecule has 0 fully saturated rings. The second-order valence-electron chi connectivity index (χ2n) is 4.92. The molecule has 0 aliphatic heterocycles. The number of rotatable bonds is 6. The van der Waals surface area contributed by atoms with Crippen molar-refractivity contribution < 1.29 is 14.8 Å². The van der Waals surface area contributed by atoms with Crippen LogP contribution in [0.3, 0.4) is 0 Å². The van der Waals surface area contributed by atoms with Crippen LogP contribution in [0.4, 0.5) is 11.4 Å². The summed E-state index contributed by atoms with van der Waals surface area (Å²) in [4.78, 5) is 21.4. The molecule has 0 saturated heterocycles. The molecule has 6 nitrogen and oxygen atoms in total. The molecule has 0 bridgehead atoms. The maximum absolute atomic E-state index is 11.2. The van der Waals surface area contributed by atoms with Gasteiger partial charge in [-0.1, -0.05) is 19.9 Å². The summed E-state index contributed by atoms with van der Waals surface area (Å²) >= 11 is 0. The Morgan fingerprint density at radius 1 is 1.47 bits per heavy atom. The van der Waals surface area contributed by atoms with Gasteiger partial charge in [-0.2, -0.15) is 0 Å². The van der Waals surface area contributed by atoms with Gasteiger partial charge in [0.15, 0.2) is 0 Å². The number of aryl methyl sites for hydroxylation is 1. The molecule has 2 N–H and O–H groups in total. The Balaban J connectivity index is 2.98. The van der Waals surface area contributed by atoms with Gasteiger partial charge < -0.3 is 10.4 Å². The monoisotopic (exact) mass is 266 g/mol. The van der Waals surface area contributed by atoms with Crippen molar-refractivity contribution in [1.82, 2.24) is 0 Å². The number of benzene rings is 1. The number of nitrogens with one attached hydrogen (secondary N) is 1. The Bertz CT molecular complexity index is 486. The molecule has 0 radical (unpaired) electrons. The van der Waals surface area contributed by atoms with Crippen LogP contribution in [0.1, 0.15) is 25.8 Å². The Morgan fingerprint density at radius 3 is 2.58 bits per heavy atom. The van der Waals surface area contributed by atoms with E-state index in [0.717, 1.165) is 5.56 Å². The number of nitro benzene ring substituents is 1. The highest BCUT2D eigenvalue weighted by atomic mass is 16.6. The van der Waals surface area contributed by atoms with E-state index in [-0.39, 0.29) is 11.6 Å². The van der Waals surface area contributed by atoms with E-state index < -0.39 is 16.9 Å². The summed E-state index contributed by atoms with van der Waals surface area (Å²) in [6.45, 7) is 5.64. The van der Waals surface area contributed by atoms with Crippen molar-refractivity contribution in [3.05, 3.63) is 33.9 Å². The van der Waals surface area contributed by atoms with Gasteiger partial charge in [0.05, 0.1) is 4.92 Å². The number of nitro groups is 1. The summed E-state index contributed by atoms with van der Waals surface area (Å²) in [5.74, 6) is -0.743. The number of aliphatic carboxylic acids is 1. The third-order valence-electron chi connectivity index (χ3n) is 2.77. The van der Waals surface area contributed by atoms with Gasteiger partial charge in [-0.3, -0.25) is 10.1 Å². The molecule has 1 rings (SSSR count). The number of hydrogen-bond acceptors (Lipinski definition) is 4. The zero-order valence-electron chi connectivity index (χ0n) is 11.2. The van der Waals surface area contributed by atoms with E-state index in [9.17, 15) is 14.9 Å². The number of anilines is 1. The standard InChI is InChI=1S/C13H18N2O4/c1-8(2)6-12(13(16)17)14-11-7-10(15(18)19)5-4-9(11)3/h4-5,7-8,12,14H,6H2,1-3H3,(H,16,17). The lowest BCUT2D eigenvalue weighted by Gasteiger charge is -2.18. The van der Waals surface area contributed by atoms with Gasteiger partial charge >= 0.3 is 5.97 Å². The molecule has 0 heterocycles. The minimum absolute atomic E-state index is 0.0539. The van der Waals surface area contributed by atoms with Crippen molar-refractivity contribution in [2.24, 2.45) is 5.92 Å². The highest BCUT2D eigenvalue weighted by Gasteiger charge is 2.20. The Labute approximate surface area is 111 Å². The lowest BCUT2D eigenvalue weighted by molar-refractivity contribution is -0.384. The fourth-order valence-electron chi connectivity index (χ4n) is 1.76. The van der Waals surface area contributed by atoms with Crippen molar-refractivity contribution >= 4 is 17.3 Å². The van der Waals surface area contributed by atoms with E-state index in [4.69, 9.17) is 5.11 Å². The topological polar surface area (TPSA) is 92.5 Å². The molecular weight excluding hydrogens is 248 g/mol. The predicted octanol–water partition coefficient (Wildman–Crippen LogP) is 2.81. The summed E-state index contributed by atoms with van der Waals surface area (Å²) in [5.41, 5.74) is 1.21. The Kier molecular flexibility index (Phi) is 4.86. The van der Waals surface area contributed by atoms with E-state index in [1.807, 2.05) is 13.8 Å². The molecule has 0 amide bonds. The van der Waals surface area contributed by atoms with Crippen LogP contribution in [0.25, 0.3) is 0 Å². The zero-order chi connectivity index (χ0) is 14.6. The second kappa shape index (κ2) is 6.17. The van der Waals surface area contributed by atoms with Crippen molar-refractivity contribution in [3.8, 4) is 0 Å². The lowest BCUT2D eigenvalue weighted by atomic mass is 10.0. The maximum atomic E-state index is 11.2. The van der Waals surface area contributed by atoms with Crippen LogP contribution < -0.4 is 5.32 Å². The van der Waals surface area contributed by atoms with E-state index in [2.05, 4.69) is 5.32 Å². The van der Waals surface area contributed by atoms with Gasteiger partial charge in [0.25, 0.3) is 5.69 Å². The van der Waals surface area contributed by atoms with E-state index >= 15 is 0 Å². The minimum Gasteiger partial charge on any atom is -0.480 e. The van der Waals surface area contributed by atoms with Gasteiger partial charge in [-0.05, 0) is 24.8 Å². The van der Waals surface area contributed by atoms with Crippen molar-refractivity contribution in [1.29, 1.82) is 0 Å². The highest BCUT2D eigenvalue weighted by molar-refractivity contribution is 5.78. The van der Waals surface area contributed by atoms with Crippen LogP contribution in [-0.4, -0.2) is 22.0 Å². The molecule has 1 aromatic carbocycles.